The molecule has 1 aromatic heterocycles. The molecule has 0 spiro atoms. The molecule has 1 aliphatic heterocycles. The molecule has 6 nitrogen and oxygen atoms in total. The maximum absolute atomic E-state index is 13.3. The van der Waals surface area contributed by atoms with Gasteiger partial charge in [0.1, 0.15) is 18.2 Å². The first kappa shape index (κ1) is 18.9. The lowest BCUT2D eigenvalue weighted by molar-refractivity contribution is -0.116. The van der Waals surface area contributed by atoms with Crippen LogP contribution in [0.2, 0.25) is 0 Å². The van der Waals surface area contributed by atoms with Crippen molar-refractivity contribution in [2.45, 2.75) is 19.8 Å². The summed E-state index contributed by atoms with van der Waals surface area (Å²) in [6.07, 6.45) is 1.16. The van der Waals surface area contributed by atoms with Crippen LogP contribution in [0.4, 0.5) is 10.1 Å². The molecule has 4 rings (SSSR count). The summed E-state index contributed by atoms with van der Waals surface area (Å²) in [5.74, 6) is 0.110. The molecule has 0 saturated carbocycles. The number of aryl methyl sites for hydroxylation is 2. The Labute approximate surface area is 167 Å². The molecular weight excluding hydrogens is 373 g/mol. The van der Waals surface area contributed by atoms with Crippen molar-refractivity contribution in [2.75, 3.05) is 18.5 Å². The van der Waals surface area contributed by atoms with E-state index in [0.717, 1.165) is 11.3 Å². The number of fused-ring (bicyclic) bond motifs is 2. The van der Waals surface area contributed by atoms with Crippen LogP contribution in [0.3, 0.4) is 0 Å². The number of pyridine rings is 1. The first-order valence-electron chi connectivity index (χ1n) is 9.40. The molecule has 0 aliphatic carbocycles. The van der Waals surface area contributed by atoms with Crippen molar-refractivity contribution in [3.8, 4) is 5.75 Å². The predicted octanol–water partition coefficient (Wildman–Crippen LogP) is 3.38. The molecule has 0 fully saturated rings. The minimum absolute atomic E-state index is 0.0255. The molecule has 0 unspecified atom stereocenters. The molecule has 2 heterocycles. The van der Waals surface area contributed by atoms with Crippen molar-refractivity contribution in [1.82, 2.24) is 10.3 Å². The Morgan fingerprint density at radius 2 is 2.07 bits per heavy atom. The van der Waals surface area contributed by atoms with Gasteiger partial charge in [0.05, 0.1) is 23.3 Å². The van der Waals surface area contributed by atoms with E-state index in [2.05, 4.69) is 15.6 Å². The highest BCUT2D eigenvalue weighted by molar-refractivity contribution is 5.98. The molecule has 7 heteroatoms. The monoisotopic (exact) mass is 393 g/mol. The molecule has 2 aromatic carbocycles. The van der Waals surface area contributed by atoms with E-state index in [-0.39, 0.29) is 17.6 Å². The zero-order valence-corrected chi connectivity index (χ0v) is 15.9. The zero-order valence-electron chi connectivity index (χ0n) is 15.9. The van der Waals surface area contributed by atoms with E-state index in [1.807, 2.05) is 12.1 Å². The number of ether oxygens (including phenoxy) is 1. The lowest BCUT2D eigenvalue weighted by Gasteiger charge is -2.17. The number of hydrogen-bond acceptors (Lipinski definition) is 4. The van der Waals surface area contributed by atoms with Gasteiger partial charge in [-0.15, -0.1) is 0 Å². The SMILES string of the molecule is Cc1nc2cc(F)ccc2cc1C(=O)NCCOc1ccc2c(c1)CCC(=O)N2. The minimum atomic E-state index is -0.358. The van der Waals surface area contributed by atoms with Gasteiger partial charge in [-0.2, -0.15) is 0 Å². The van der Waals surface area contributed by atoms with Gasteiger partial charge in [0.25, 0.3) is 5.91 Å². The van der Waals surface area contributed by atoms with Crippen LogP contribution in [-0.4, -0.2) is 29.9 Å². The van der Waals surface area contributed by atoms with Crippen LogP contribution in [0.15, 0.2) is 42.5 Å². The normalized spacial score (nSPS) is 13.0. The van der Waals surface area contributed by atoms with Gasteiger partial charge < -0.3 is 15.4 Å². The number of carbonyl (C=O) groups excluding carboxylic acids is 2. The standard InChI is InChI=1S/C22H20FN3O3/c1-13-18(11-15-2-4-16(23)12-20(15)25-13)22(28)24-8-9-29-17-5-6-19-14(10-17)3-7-21(27)26-19/h2,4-6,10-12H,3,7-9H2,1H3,(H,24,28)(H,26,27). The Balaban J connectivity index is 1.34. The maximum Gasteiger partial charge on any atom is 0.253 e. The number of amides is 2. The van der Waals surface area contributed by atoms with E-state index in [1.165, 1.54) is 12.1 Å². The maximum atomic E-state index is 13.3. The predicted molar refractivity (Wildman–Crippen MR) is 108 cm³/mol. The largest absolute Gasteiger partial charge is 0.492 e. The van der Waals surface area contributed by atoms with Crippen molar-refractivity contribution in [1.29, 1.82) is 0 Å². The number of carbonyl (C=O) groups is 2. The van der Waals surface area contributed by atoms with E-state index in [9.17, 15) is 14.0 Å². The minimum Gasteiger partial charge on any atom is -0.492 e. The smallest absolute Gasteiger partial charge is 0.253 e. The molecule has 148 valence electrons. The van der Waals surface area contributed by atoms with Crippen LogP contribution < -0.4 is 15.4 Å². The van der Waals surface area contributed by atoms with Crippen LogP contribution in [-0.2, 0) is 11.2 Å². The van der Waals surface area contributed by atoms with Gasteiger partial charge in [-0.3, -0.25) is 14.6 Å². The number of nitrogens with one attached hydrogen (secondary N) is 2. The number of halogens is 1. The average Bonchev–Trinajstić information content (AvgIpc) is 2.70. The van der Waals surface area contributed by atoms with Gasteiger partial charge in [0.2, 0.25) is 5.91 Å². The summed E-state index contributed by atoms with van der Waals surface area (Å²) in [4.78, 5) is 28.2. The van der Waals surface area contributed by atoms with Gasteiger partial charge in [0.15, 0.2) is 0 Å². The van der Waals surface area contributed by atoms with Gasteiger partial charge in [-0.1, -0.05) is 0 Å². The van der Waals surface area contributed by atoms with Crippen molar-refractivity contribution in [3.05, 3.63) is 65.1 Å². The number of anilines is 1. The van der Waals surface area contributed by atoms with Gasteiger partial charge in [-0.05, 0) is 55.3 Å². The molecule has 0 saturated heterocycles. The van der Waals surface area contributed by atoms with Crippen LogP contribution in [0.5, 0.6) is 5.75 Å². The lowest BCUT2D eigenvalue weighted by Crippen LogP contribution is -2.29. The lowest BCUT2D eigenvalue weighted by atomic mass is 10.0. The second kappa shape index (κ2) is 7.87. The summed E-state index contributed by atoms with van der Waals surface area (Å²) >= 11 is 0. The van der Waals surface area contributed by atoms with Crippen molar-refractivity contribution in [3.63, 3.8) is 0 Å². The fourth-order valence-corrected chi connectivity index (χ4v) is 3.34. The third kappa shape index (κ3) is 4.18. The topological polar surface area (TPSA) is 80.3 Å². The summed E-state index contributed by atoms with van der Waals surface area (Å²) in [7, 11) is 0. The molecule has 2 amide bonds. The Bertz CT molecular complexity index is 1110. The Morgan fingerprint density at radius 1 is 1.21 bits per heavy atom. The zero-order chi connectivity index (χ0) is 20.4. The number of rotatable bonds is 5. The average molecular weight is 393 g/mol. The van der Waals surface area contributed by atoms with E-state index < -0.39 is 0 Å². The molecule has 0 atom stereocenters. The van der Waals surface area contributed by atoms with Crippen molar-refractivity contribution >= 4 is 28.4 Å². The molecule has 2 N–H and O–H groups in total. The summed E-state index contributed by atoms with van der Waals surface area (Å²) in [6.45, 7) is 2.36. The number of nitrogens with zero attached hydrogens (tertiary/aromatic N) is 1. The van der Waals surface area contributed by atoms with Gasteiger partial charge in [0, 0.05) is 23.6 Å². The third-order valence-corrected chi connectivity index (χ3v) is 4.84. The fraction of sp³-hybridized carbons (Fsp3) is 0.227. The summed E-state index contributed by atoms with van der Waals surface area (Å²) < 4.78 is 19.0. The van der Waals surface area contributed by atoms with Crippen LogP contribution in [0, 0.1) is 12.7 Å². The third-order valence-electron chi connectivity index (χ3n) is 4.84. The van der Waals surface area contributed by atoms with Crippen LogP contribution in [0.25, 0.3) is 10.9 Å². The molecule has 0 bridgehead atoms. The highest BCUT2D eigenvalue weighted by Crippen LogP contribution is 2.26. The number of aromatic nitrogens is 1. The number of benzene rings is 2. The van der Waals surface area contributed by atoms with E-state index in [1.54, 1.807) is 25.1 Å². The van der Waals surface area contributed by atoms with Crippen molar-refractivity contribution < 1.29 is 18.7 Å². The molecule has 29 heavy (non-hydrogen) atoms. The van der Waals surface area contributed by atoms with Crippen LogP contribution >= 0.6 is 0 Å². The first-order valence-corrected chi connectivity index (χ1v) is 9.40. The molecule has 1 aliphatic rings. The highest BCUT2D eigenvalue weighted by atomic mass is 19.1. The number of hydrogen-bond donors (Lipinski definition) is 2. The fourth-order valence-electron chi connectivity index (χ4n) is 3.34. The molecular formula is C22H20FN3O3. The van der Waals surface area contributed by atoms with E-state index in [0.29, 0.717) is 53.9 Å². The Morgan fingerprint density at radius 3 is 2.93 bits per heavy atom. The second-order valence-corrected chi connectivity index (χ2v) is 6.93. The van der Waals surface area contributed by atoms with Crippen molar-refractivity contribution in [2.24, 2.45) is 0 Å². The van der Waals surface area contributed by atoms with Gasteiger partial charge in [-0.25, -0.2) is 4.39 Å². The van der Waals surface area contributed by atoms with E-state index >= 15 is 0 Å². The Kier molecular flexibility index (Phi) is 5.12. The van der Waals surface area contributed by atoms with E-state index in [4.69, 9.17) is 4.74 Å². The quantitative estimate of drug-likeness (QED) is 0.652. The second-order valence-electron chi connectivity index (χ2n) is 6.93. The first-order chi connectivity index (χ1) is 14.0. The summed E-state index contributed by atoms with van der Waals surface area (Å²) in [5, 5.41) is 6.36. The summed E-state index contributed by atoms with van der Waals surface area (Å²) in [6, 6.07) is 11.5. The molecule has 3 aromatic rings. The highest BCUT2D eigenvalue weighted by Gasteiger charge is 2.15. The summed E-state index contributed by atoms with van der Waals surface area (Å²) in [5.41, 5.74) is 3.37. The molecule has 0 radical (unpaired) electrons. The van der Waals surface area contributed by atoms with Crippen LogP contribution in [0.1, 0.15) is 28.0 Å². The Hall–Kier alpha value is -3.48. The van der Waals surface area contributed by atoms with Gasteiger partial charge >= 0.3 is 0 Å².